The molecule has 0 amide bonds. The third kappa shape index (κ3) is 5.77. The second-order valence-electron chi connectivity index (χ2n) is 8.64. The number of aromatic nitrogens is 1. The van der Waals surface area contributed by atoms with E-state index < -0.39 is 0 Å². The van der Waals surface area contributed by atoms with Gasteiger partial charge in [-0.2, -0.15) is 0 Å². The Balaban J connectivity index is 1.36. The minimum atomic E-state index is 0.492. The van der Waals surface area contributed by atoms with Crippen LogP contribution in [0.5, 0.6) is 0 Å². The Labute approximate surface area is 190 Å². The van der Waals surface area contributed by atoms with E-state index in [2.05, 4.69) is 69.0 Å². The van der Waals surface area contributed by atoms with Gasteiger partial charge in [0.15, 0.2) is 5.96 Å². The molecule has 2 unspecified atom stereocenters. The Bertz CT molecular complexity index is 813. The van der Waals surface area contributed by atoms with Crippen molar-refractivity contribution in [1.82, 2.24) is 20.5 Å². The van der Waals surface area contributed by atoms with Gasteiger partial charge in [-0.25, -0.2) is 9.98 Å². The normalized spacial score (nSPS) is 22.6. The Morgan fingerprint density at radius 1 is 1.16 bits per heavy atom. The standard InChI is InChI=1S/C24H36N6S/c1-3-25-24(27-17-19-10-11-22(26-16-19)30-13-4-5-14-30)28-18-20-8-6-12-29(2)23(20)21-9-7-15-31-21/h7,9-11,15-16,20,23H,3-6,8,12-14,17-18H2,1-2H3,(H2,25,27,28). The van der Waals surface area contributed by atoms with E-state index in [0.29, 0.717) is 18.5 Å². The number of aliphatic imine (C=N–C) groups is 1. The zero-order valence-electron chi connectivity index (χ0n) is 18.9. The van der Waals surface area contributed by atoms with Gasteiger partial charge in [-0.15, -0.1) is 11.3 Å². The van der Waals surface area contributed by atoms with Gasteiger partial charge in [0, 0.05) is 43.3 Å². The van der Waals surface area contributed by atoms with Gasteiger partial charge < -0.3 is 15.5 Å². The predicted octanol–water partition coefficient (Wildman–Crippen LogP) is 3.88. The number of pyridine rings is 1. The average molecular weight is 441 g/mol. The van der Waals surface area contributed by atoms with Crippen molar-refractivity contribution >= 4 is 23.1 Å². The van der Waals surface area contributed by atoms with Crippen molar-refractivity contribution in [1.29, 1.82) is 0 Å². The molecule has 2 fully saturated rings. The van der Waals surface area contributed by atoms with Gasteiger partial charge in [-0.1, -0.05) is 12.1 Å². The number of hydrogen-bond acceptors (Lipinski definition) is 5. The molecule has 0 spiro atoms. The molecular weight excluding hydrogens is 404 g/mol. The number of nitrogens with zero attached hydrogens (tertiary/aromatic N) is 4. The van der Waals surface area contributed by atoms with Crippen molar-refractivity contribution in [2.24, 2.45) is 10.9 Å². The van der Waals surface area contributed by atoms with Crippen LogP contribution in [0.2, 0.25) is 0 Å². The summed E-state index contributed by atoms with van der Waals surface area (Å²) in [5, 5.41) is 9.22. The molecule has 2 saturated heterocycles. The molecule has 2 aliphatic rings. The highest BCUT2D eigenvalue weighted by molar-refractivity contribution is 7.10. The van der Waals surface area contributed by atoms with Gasteiger partial charge in [0.25, 0.3) is 0 Å². The van der Waals surface area contributed by atoms with E-state index in [1.165, 1.54) is 37.1 Å². The number of piperidine rings is 1. The molecule has 0 saturated carbocycles. The molecule has 2 N–H and O–H groups in total. The van der Waals surface area contributed by atoms with Crippen LogP contribution in [0, 0.1) is 5.92 Å². The maximum atomic E-state index is 4.83. The number of guanidine groups is 1. The van der Waals surface area contributed by atoms with Gasteiger partial charge in [-0.3, -0.25) is 4.90 Å². The molecule has 168 valence electrons. The summed E-state index contributed by atoms with van der Waals surface area (Å²) >= 11 is 1.87. The first-order valence-electron chi connectivity index (χ1n) is 11.7. The fraction of sp³-hybridized carbons (Fsp3) is 0.583. The summed E-state index contributed by atoms with van der Waals surface area (Å²) in [4.78, 5) is 15.8. The van der Waals surface area contributed by atoms with Gasteiger partial charge in [0.05, 0.1) is 6.54 Å². The second kappa shape index (κ2) is 11.0. The second-order valence-corrected chi connectivity index (χ2v) is 9.62. The zero-order chi connectivity index (χ0) is 21.5. The van der Waals surface area contributed by atoms with Crippen molar-refractivity contribution in [2.75, 3.05) is 44.7 Å². The molecule has 4 rings (SSSR count). The van der Waals surface area contributed by atoms with E-state index in [-0.39, 0.29) is 0 Å². The number of thiophene rings is 1. The molecule has 7 heteroatoms. The third-order valence-electron chi connectivity index (χ3n) is 6.38. The Hall–Kier alpha value is -2.12. The highest BCUT2D eigenvalue weighted by Crippen LogP contribution is 2.36. The number of rotatable bonds is 7. The lowest BCUT2D eigenvalue weighted by atomic mass is 9.88. The van der Waals surface area contributed by atoms with Crippen molar-refractivity contribution in [3.63, 3.8) is 0 Å². The van der Waals surface area contributed by atoms with Crippen LogP contribution in [0.4, 0.5) is 5.82 Å². The van der Waals surface area contributed by atoms with E-state index in [1.54, 1.807) is 0 Å². The minimum Gasteiger partial charge on any atom is -0.357 e. The molecule has 0 aromatic carbocycles. The summed E-state index contributed by atoms with van der Waals surface area (Å²) in [5.74, 6) is 2.57. The first-order chi connectivity index (χ1) is 15.2. The van der Waals surface area contributed by atoms with Crippen molar-refractivity contribution in [3.8, 4) is 0 Å². The molecule has 0 bridgehead atoms. The molecule has 2 aliphatic heterocycles. The smallest absolute Gasteiger partial charge is 0.191 e. The summed E-state index contributed by atoms with van der Waals surface area (Å²) in [5.41, 5.74) is 1.15. The van der Waals surface area contributed by atoms with Gasteiger partial charge in [-0.05, 0) is 75.2 Å². The number of nitrogens with one attached hydrogen (secondary N) is 2. The van der Waals surface area contributed by atoms with Crippen LogP contribution >= 0.6 is 11.3 Å². The molecule has 4 heterocycles. The molecule has 6 nitrogen and oxygen atoms in total. The van der Waals surface area contributed by atoms with E-state index in [9.17, 15) is 0 Å². The lowest BCUT2D eigenvalue weighted by molar-refractivity contribution is 0.125. The summed E-state index contributed by atoms with van der Waals surface area (Å²) in [7, 11) is 2.26. The van der Waals surface area contributed by atoms with E-state index >= 15 is 0 Å². The number of hydrogen-bond donors (Lipinski definition) is 2. The lowest BCUT2D eigenvalue weighted by Crippen LogP contribution is -2.44. The highest BCUT2D eigenvalue weighted by Gasteiger charge is 2.31. The Kier molecular flexibility index (Phi) is 7.81. The van der Waals surface area contributed by atoms with Crippen LogP contribution in [-0.2, 0) is 6.54 Å². The van der Waals surface area contributed by atoms with Gasteiger partial charge in [0.1, 0.15) is 5.82 Å². The summed E-state index contributed by atoms with van der Waals surface area (Å²) in [6.45, 7) is 7.98. The van der Waals surface area contributed by atoms with Crippen molar-refractivity contribution in [2.45, 2.75) is 45.2 Å². The average Bonchev–Trinajstić information content (AvgIpc) is 3.51. The Morgan fingerprint density at radius 2 is 2.03 bits per heavy atom. The SMILES string of the molecule is CCNC(=NCc1ccc(N2CCCC2)nc1)NCC1CCCN(C)C1c1cccs1. The van der Waals surface area contributed by atoms with Crippen LogP contribution in [0.1, 0.15) is 49.1 Å². The summed E-state index contributed by atoms with van der Waals surface area (Å²) < 4.78 is 0. The van der Waals surface area contributed by atoms with Gasteiger partial charge in [0.2, 0.25) is 0 Å². The van der Waals surface area contributed by atoms with Crippen LogP contribution in [0.3, 0.4) is 0 Å². The highest BCUT2D eigenvalue weighted by atomic mass is 32.1. The minimum absolute atomic E-state index is 0.492. The van der Waals surface area contributed by atoms with Crippen LogP contribution < -0.4 is 15.5 Å². The van der Waals surface area contributed by atoms with Crippen LogP contribution in [0.15, 0.2) is 40.8 Å². The molecule has 0 radical (unpaired) electrons. The largest absolute Gasteiger partial charge is 0.357 e. The maximum absolute atomic E-state index is 4.83. The fourth-order valence-electron chi connectivity index (χ4n) is 4.77. The number of likely N-dealkylation sites (tertiary alicyclic amines) is 1. The molecule has 31 heavy (non-hydrogen) atoms. The van der Waals surface area contributed by atoms with E-state index in [0.717, 1.165) is 43.5 Å². The summed E-state index contributed by atoms with van der Waals surface area (Å²) in [6.07, 6.45) is 7.03. The van der Waals surface area contributed by atoms with Crippen LogP contribution in [0.25, 0.3) is 0 Å². The maximum Gasteiger partial charge on any atom is 0.191 e. The van der Waals surface area contributed by atoms with Gasteiger partial charge >= 0.3 is 0 Å². The molecule has 2 atom stereocenters. The molecule has 2 aromatic rings. The predicted molar refractivity (Wildman–Crippen MR) is 131 cm³/mol. The molecule has 0 aliphatic carbocycles. The quantitative estimate of drug-likeness (QED) is 0.505. The van der Waals surface area contributed by atoms with Crippen molar-refractivity contribution < 1.29 is 0 Å². The third-order valence-corrected chi connectivity index (χ3v) is 7.32. The van der Waals surface area contributed by atoms with E-state index in [1.807, 2.05) is 17.5 Å². The summed E-state index contributed by atoms with van der Waals surface area (Å²) in [6, 6.07) is 9.24. The molecular formula is C24H36N6S. The topological polar surface area (TPSA) is 55.8 Å². The van der Waals surface area contributed by atoms with E-state index in [4.69, 9.17) is 4.99 Å². The first kappa shape index (κ1) is 22.1. The zero-order valence-corrected chi connectivity index (χ0v) is 19.7. The molecule has 2 aromatic heterocycles. The van der Waals surface area contributed by atoms with Crippen molar-refractivity contribution in [3.05, 3.63) is 46.3 Å². The number of anilines is 1. The monoisotopic (exact) mass is 440 g/mol. The fourth-order valence-corrected chi connectivity index (χ4v) is 5.75. The lowest BCUT2D eigenvalue weighted by Gasteiger charge is -2.39. The van der Waals surface area contributed by atoms with Crippen LogP contribution in [-0.4, -0.2) is 55.6 Å². The first-order valence-corrected chi connectivity index (χ1v) is 12.6. The Morgan fingerprint density at radius 3 is 2.74 bits per heavy atom.